The molecule has 0 aliphatic carbocycles. The van der Waals surface area contributed by atoms with E-state index in [1.54, 1.807) is 0 Å². The quantitative estimate of drug-likeness (QED) is 0.301. The number of nitrogens with one attached hydrogen (secondary N) is 1. The minimum atomic E-state index is -0.529. The van der Waals surface area contributed by atoms with Crippen molar-refractivity contribution >= 4 is 17.6 Å². The van der Waals surface area contributed by atoms with Gasteiger partial charge in [-0.15, -0.1) is 0 Å². The van der Waals surface area contributed by atoms with E-state index >= 15 is 0 Å². The maximum atomic E-state index is 12.2. The van der Waals surface area contributed by atoms with Gasteiger partial charge >= 0.3 is 5.97 Å². The van der Waals surface area contributed by atoms with Crippen LogP contribution < -0.4 is 5.32 Å². The molecular weight excluding hydrogens is 330 g/mol. The molecule has 2 N–H and O–H groups in total. The normalized spacial score (nSPS) is 10.8. The van der Waals surface area contributed by atoms with Gasteiger partial charge in [0, 0.05) is 6.92 Å². The zero-order chi connectivity index (χ0) is 19.4. The molecule has 0 fully saturated rings. The third-order valence-electron chi connectivity index (χ3n) is 4.19. The fraction of sp³-hybridized carbons (Fsp3) is 0.619. The van der Waals surface area contributed by atoms with Crippen LogP contribution in [0.15, 0.2) is 18.2 Å². The minimum absolute atomic E-state index is 0.0384. The summed E-state index contributed by atoms with van der Waals surface area (Å²) in [5, 5.41) is 12.1. The van der Waals surface area contributed by atoms with Crippen molar-refractivity contribution < 1.29 is 19.4 Å². The number of benzene rings is 1. The van der Waals surface area contributed by atoms with Crippen LogP contribution in [0.3, 0.4) is 0 Å². The molecule has 26 heavy (non-hydrogen) atoms. The summed E-state index contributed by atoms with van der Waals surface area (Å²) in [6, 6.07) is 4.22. The van der Waals surface area contributed by atoms with Gasteiger partial charge in [-0.2, -0.15) is 0 Å². The van der Waals surface area contributed by atoms with Crippen molar-refractivity contribution in [3.05, 3.63) is 23.8 Å². The Labute approximate surface area is 157 Å². The lowest BCUT2D eigenvalue weighted by atomic mass is 10.0. The van der Waals surface area contributed by atoms with Gasteiger partial charge in [-0.25, -0.2) is 4.79 Å². The first-order valence-corrected chi connectivity index (χ1v) is 9.68. The van der Waals surface area contributed by atoms with Gasteiger partial charge < -0.3 is 15.2 Å². The molecule has 0 spiro atoms. The number of phenols is 1. The van der Waals surface area contributed by atoms with Crippen LogP contribution in [0.1, 0.15) is 82.5 Å². The highest BCUT2D eigenvalue weighted by Gasteiger charge is 2.14. The van der Waals surface area contributed by atoms with Gasteiger partial charge in [0.25, 0.3) is 0 Å². The summed E-state index contributed by atoms with van der Waals surface area (Å²) in [4.78, 5) is 23.4. The third-order valence-corrected chi connectivity index (χ3v) is 4.19. The number of phenolic OH excluding ortho intramolecular Hbond substituents is 1. The van der Waals surface area contributed by atoms with Gasteiger partial charge in [-0.3, -0.25) is 4.79 Å². The van der Waals surface area contributed by atoms with E-state index in [4.69, 9.17) is 4.74 Å². The van der Waals surface area contributed by atoms with E-state index in [-0.39, 0.29) is 17.2 Å². The van der Waals surface area contributed by atoms with Crippen LogP contribution in [0.25, 0.3) is 0 Å². The Morgan fingerprint density at radius 3 is 2.27 bits per heavy atom. The number of carbonyl (C=O) groups excluding carboxylic acids is 2. The number of carbonyl (C=O) groups is 2. The maximum Gasteiger partial charge on any atom is 0.340 e. The van der Waals surface area contributed by atoms with E-state index in [1.165, 1.54) is 57.2 Å². The molecule has 0 bridgehead atoms. The number of rotatable bonds is 12. The largest absolute Gasteiger partial charge is 0.508 e. The second-order valence-electron chi connectivity index (χ2n) is 7.20. The molecule has 0 aliphatic rings. The number of hydrogen-bond donors (Lipinski definition) is 2. The zero-order valence-electron chi connectivity index (χ0n) is 16.3. The Hall–Kier alpha value is -2.04. The third kappa shape index (κ3) is 9.44. The molecule has 0 radical (unpaired) electrons. The van der Waals surface area contributed by atoms with Crippen LogP contribution in [0.4, 0.5) is 5.69 Å². The molecule has 0 heterocycles. The Kier molecular flexibility index (Phi) is 10.4. The summed E-state index contributed by atoms with van der Waals surface area (Å²) in [6.07, 6.45) is 9.45. The van der Waals surface area contributed by atoms with Crippen LogP contribution >= 0.6 is 0 Å². The Morgan fingerprint density at radius 2 is 1.65 bits per heavy atom. The summed E-state index contributed by atoms with van der Waals surface area (Å²) in [7, 11) is 0. The summed E-state index contributed by atoms with van der Waals surface area (Å²) in [5.74, 6) is -0.0534. The van der Waals surface area contributed by atoms with Crippen molar-refractivity contribution in [1.82, 2.24) is 0 Å². The van der Waals surface area contributed by atoms with E-state index in [2.05, 4.69) is 19.2 Å². The van der Waals surface area contributed by atoms with Gasteiger partial charge in [-0.05, 0) is 30.5 Å². The van der Waals surface area contributed by atoms with Crippen molar-refractivity contribution in [2.24, 2.45) is 5.92 Å². The molecule has 1 amide bonds. The Bertz CT molecular complexity index is 569. The van der Waals surface area contributed by atoms with Gasteiger partial charge in [0.2, 0.25) is 5.91 Å². The lowest BCUT2D eigenvalue weighted by molar-refractivity contribution is -0.114. The molecule has 0 unspecified atom stereocenters. The predicted molar refractivity (Wildman–Crippen MR) is 104 cm³/mol. The van der Waals surface area contributed by atoms with Crippen molar-refractivity contribution in [2.45, 2.75) is 72.1 Å². The van der Waals surface area contributed by atoms with Crippen LogP contribution in [0.5, 0.6) is 5.75 Å². The lowest BCUT2D eigenvalue weighted by Crippen LogP contribution is -2.13. The van der Waals surface area contributed by atoms with Gasteiger partial charge in [-0.1, -0.05) is 58.8 Å². The molecule has 0 aromatic heterocycles. The first-order chi connectivity index (χ1) is 12.4. The van der Waals surface area contributed by atoms with E-state index in [0.29, 0.717) is 12.3 Å². The van der Waals surface area contributed by atoms with Crippen molar-refractivity contribution in [3.8, 4) is 5.75 Å². The molecule has 5 heteroatoms. The summed E-state index contributed by atoms with van der Waals surface area (Å²) >= 11 is 0. The lowest BCUT2D eigenvalue weighted by Gasteiger charge is -2.10. The fourth-order valence-electron chi connectivity index (χ4n) is 2.78. The second-order valence-corrected chi connectivity index (χ2v) is 7.20. The average molecular weight is 363 g/mol. The first-order valence-electron chi connectivity index (χ1n) is 9.68. The number of aromatic hydroxyl groups is 1. The van der Waals surface area contributed by atoms with E-state index in [9.17, 15) is 14.7 Å². The molecule has 1 aromatic rings. The molecule has 0 atom stereocenters. The molecular formula is C21H33NO4. The van der Waals surface area contributed by atoms with Crippen molar-refractivity contribution in [2.75, 3.05) is 11.9 Å². The number of hydrogen-bond acceptors (Lipinski definition) is 4. The first kappa shape index (κ1) is 22.0. The maximum absolute atomic E-state index is 12.2. The standard InChI is InChI=1S/C21H33NO4/c1-16(2)11-9-7-5-4-6-8-10-14-26-21(25)19-15-18(24)12-13-20(19)22-17(3)23/h12-13,15-16,24H,4-11,14H2,1-3H3,(H,22,23). The predicted octanol–water partition coefficient (Wildman–Crippen LogP) is 5.28. The van der Waals surface area contributed by atoms with E-state index < -0.39 is 5.97 Å². The SMILES string of the molecule is CC(=O)Nc1ccc(O)cc1C(=O)OCCCCCCCCCC(C)C. The summed E-state index contributed by atoms with van der Waals surface area (Å²) < 4.78 is 5.28. The molecule has 5 nitrogen and oxygen atoms in total. The number of anilines is 1. The average Bonchev–Trinajstić information content (AvgIpc) is 2.57. The number of esters is 1. The monoisotopic (exact) mass is 363 g/mol. The molecule has 146 valence electrons. The minimum Gasteiger partial charge on any atom is -0.508 e. The highest BCUT2D eigenvalue weighted by Crippen LogP contribution is 2.22. The van der Waals surface area contributed by atoms with E-state index in [0.717, 1.165) is 25.2 Å². The number of unbranched alkanes of at least 4 members (excludes halogenated alkanes) is 6. The molecule has 1 aromatic carbocycles. The molecule has 0 saturated heterocycles. The smallest absolute Gasteiger partial charge is 0.340 e. The summed E-state index contributed by atoms with van der Waals surface area (Å²) in [6.45, 7) is 6.24. The Morgan fingerprint density at radius 1 is 1.04 bits per heavy atom. The van der Waals surface area contributed by atoms with Gasteiger partial charge in [0.1, 0.15) is 5.75 Å². The van der Waals surface area contributed by atoms with Crippen molar-refractivity contribution in [1.29, 1.82) is 0 Å². The van der Waals surface area contributed by atoms with E-state index in [1.807, 2.05) is 0 Å². The number of amides is 1. The van der Waals surface area contributed by atoms with Crippen LogP contribution in [-0.2, 0) is 9.53 Å². The molecule has 0 aliphatic heterocycles. The summed E-state index contributed by atoms with van der Waals surface area (Å²) in [5.41, 5.74) is 0.520. The van der Waals surface area contributed by atoms with Crippen molar-refractivity contribution in [3.63, 3.8) is 0 Å². The topological polar surface area (TPSA) is 75.6 Å². The van der Waals surface area contributed by atoms with Crippen LogP contribution in [0.2, 0.25) is 0 Å². The number of ether oxygens (including phenoxy) is 1. The van der Waals surface area contributed by atoms with Crippen LogP contribution in [-0.4, -0.2) is 23.6 Å². The Balaban J connectivity index is 2.22. The fourth-order valence-corrected chi connectivity index (χ4v) is 2.78. The van der Waals surface area contributed by atoms with Crippen LogP contribution in [0, 0.1) is 5.92 Å². The highest BCUT2D eigenvalue weighted by molar-refractivity contribution is 6.01. The zero-order valence-corrected chi connectivity index (χ0v) is 16.3. The highest BCUT2D eigenvalue weighted by atomic mass is 16.5. The van der Waals surface area contributed by atoms with Gasteiger partial charge in [0.05, 0.1) is 17.9 Å². The molecule has 1 rings (SSSR count). The second kappa shape index (κ2) is 12.3. The molecule has 0 saturated carbocycles. The van der Waals surface area contributed by atoms with Gasteiger partial charge in [0.15, 0.2) is 0 Å².